The third-order valence-corrected chi connectivity index (χ3v) is 12.3. The van der Waals surface area contributed by atoms with Gasteiger partial charge in [-0.2, -0.15) is 4.98 Å². The van der Waals surface area contributed by atoms with Crippen molar-refractivity contribution in [1.29, 1.82) is 0 Å². The number of esters is 1. The highest BCUT2D eigenvalue weighted by molar-refractivity contribution is 6.74. The predicted molar refractivity (Wildman–Crippen MR) is 169 cm³/mol. The van der Waals surface area contributed by atoms with E-state index in [0.717, 1.165) is 12.8 Å². The second-order valence-electron chi connectivity index (χ2n) is 13.7. The number of ether oxygens (including phenoxy) is 3. The van der Waals surface area contributed by atoms with Gasteiger partial charge >= 0.3 is 17.8 Å². The third-order valence-electron chi connectivity index (χ3n) is 7.77. The molecule has 1 aromatic rings. The molecule has 11 nitrogen and oxygen atoms in total. The van der Waals surface area contributed by atoms with E-state index in [9.17, 15) is 14.4 Å². The summed E-state index contributed by atoms with van der Waals surface area (Å²) in [5, 5.41) is 2.76. The smallest absolute Gasteiger partial charge is 0.407 e. The van der Waals surface area contributed by atoms with Crippen LogP contribution in [0.4, 0.5) is 10.6 Å². The minimum absolute atomic E-state index is 0.00699. The molecule has 1 amide bonds. The van der Waals surface area contributed by atoms with Crippen molar-refractivity contribution < 1.29 is 28.2 Å². The van der Waals surface area contributed by atoms with Gasteiger partial charge in [0.15, 0.2) is 14.9 Å². The average molecular weight is 621 g/mol. The van der Waals surface area contributed by atoms with Crippen LogP contribution in [-0.2, 0) is 23.4 Å². The lowest BCUT2D eigenvalue weighted by Crippen LogP contribution is -2.45. The molecular formula is C31H52N4O7Si. The molecule has 0 aromatic carbocycles. The van der Waals surface area contributed by atoms with Crippen LogP contribution in [0.5, 0.6) is 0 Å². The van der Waals surface area contributed by atoms with Crippen LogP contribution < -0.4 is 16.7 Å². The van der Waals surface area contributed by atoms with Crippen LogP contribution in [0.15, 0.2) is 11.0 Å². The molecule has 12 heteroatoms. The van der Waals surface area contributed by atoms with E-state index in [0.29, 0.717) is 31.4 Å². The van der Waals surface area contributed by atoms with Crippen LogP contribution in [-0.4, -0.2) is 60.9 Å². The Morgan fingerprint density at radius 3 is 2.51 bits per heavy atom. The van der Waals surface area contributed by atoms with Crippen molar-refractivity contribution in [2.75, 3.05) is 18.9 Å². The number of unbranched alkanes of at least 4 members (excludes halogenated alkanes) is 1. The summed E-state index contributed by atoms with van der Waals surface area (Å²) in [6.45, 7) is 20.6. The second-order valence-corrected chi connectivity index (χ2v) is 18.4. The van der Waals surface area contributed by atoms with Crippen LogP contribution in [0.25, 0.3) is 0 Å². The van der Waals surface area contributed by atoms with Gasteiger partial charge in [-0.1, -0.05) is 52.9 Å². The fourth-order valence-corrected chi connectivity index (χ4v) is 5.63. The number of nitrogens with two attached hydrogens (primary N) is 1. The van der Waals surface area contributed by atoms with Crippen LogP contribution in [0.1, 0.15) is 99.3 Å². The van der Waals surface area contributed by atoms with Crippen molar-refractivity contribution in [1.82, 2.24) is 14.9 Å². The normalized spacial score (nSPS) is 19.7. The number of carbonyl (C=O) groups excluding carboxylic acids is 2. The lowest BCUT2D eigenvalue weighted by atomic mass is 10.0. The van der Waals surface area contributed by atoms with Crippen molar-refractivity contribution >= 4 is 26.2 Å². The Bertz CT molecular complexity index is 1220. The van der Waals surface area contributed by atoms with E-state index in [4.69, 9.17) is 24.4 Å². The van der Waals surface area contributed by atoms with E-state index in [1.807, 2.05) is 27.7 Å². The molecule has 1 saturated heterocycles. The number of alkyl carbamates (subject to hydrolysis) is 1. The third kappa shape index (κ3) is 11.3. The number of carbonyl (C=O) groups is 2. The van der Waals surface area contributed by atoms with E-state index in [1.54, 1.807) is 13.1 Å². The Hall–Kier alpha value is -2.88. The lowest BCUT2D eigenvalue weighted by Gasteiger charge is -2.39. The summed E-state index contributed by atoms with van der Waals surface area (Å²) in [7, 11) is -2.04. The fourth-order valence-electron chi connectivity index (χ4n) is 4.28. The summed E-state index contributed by atoms with van der Waals surface area (Å²) in [5.41, 5.74) is 5.29. The van der Waals surface area contributed by atoms with Crippen molar-refractivity contribution in [3.05, 3.63) is 22.2 Å². The minimum Gasteiger partial charge on any atom is -0.452 e. The Kier molecular flexibility index (Phi) is 12.8. The molecule has 1 aliphatic heterocycles. The molecule has 2 heterocycles. The summed E-state index contributed by atoms with van der Waals surface area (Å²) in [6.07, 6.45) is 3.64. The Morgan fingerprint density at radius 2 is 1.91 bits per heavy atom. The molecule has 3 N–H and O–H groups in total. The van der Waals surface area contributed by atoms with Gasteiger partial charge in [0, 0.05) is 19.2 Å². The number of amides is 1. The van der Waals surface area contributed by atoms with Crippen molar-refractivity contribution in [3.8, 4) is 11.8 Å². The van der Waals surface area contributed by atoms with E-state index >= 15 is 0 Å². The molecule has 1 fully saturated rings. The van der Waals surface area contributed by atoms with Gasteiger partial charge in [-0.3, -0.25) is 9.36 Å². The van der Waals surface area contributed by atoms with Crippen LogP contribution in [0.2, 0.25) is 18.1 Å². The van der Waals surface area contributed by atoms with Gasteiger partial charge in [-0.25, -0.2) is 9.59 Å². The standard InChI is InChI=1S/C31H52N4O7Si/c1-11-23-24(42-43(9,10)31(6,7)8)19-25(40-23)35-20-22(26(32)34-28(35)37)16-14-18-39-27(36)21(2)15-12-13-17-33-29(38)41-30(3,4)5/h20-21,23-25H,11-13,15,17-19H2,1-10H3,(H,33,38)(H2,32,34,37)/t21?,23-,24?,25-/m1/s1. The molecule has 0 spiro atoms. The Balaban J connectivity index is 1.92. The lowest BCUT2D eigenvalue weighted by molar-refractivity contribution is -0.146. The van der Waals surface area contributed by atoms with Crippen molar-refractivity contribution in [2.45, 2.75) is 130 Å². The van der Waals surface area contributed by atoms with Crippen LogP contribution in [0, 0.1) is 17.8 Å². The summed E-state index contributed by atoms with van der Waals surface area (Å²) in [4.78, 5) is 40.8. The Morgan fingerprint density at radius 1 is 1.23 bits per heavy atom. The fraction of sp³-hybridized carbons (Fsp3) is 0.742. The number of aromatic nitrogens is 2. The first kappa shape index (κ1) is 36.3. The van der Waals surface area contributed by atoms with Gasteiger partial charge in [0.05, 0.1) is 23.7 Å². The van der Waals surface area contributed by atoms with Gasteiger partial charge in [0.1, 0.15) is 17.6 Å². The quantitative estimate of drug-likeness (QED) is 0.149. The number of nitrogen functional groups attached to an aromatic ring is 1. The summed E-state index contributed by atoms with van der Waals surface area (Å²) in [6, 6.07) is 0. The summed E-state index contributed by atoms with van der Waals surface area (Å²) < 4.78 is 24.8. The number of hydrogen-bond donors (Lipinski definition) is 2. The summed E-state index contributed by atoms with van der Waals surface area (Å²) in [5.74, 6) is 5.01. The SMILES string of the molecule is CC[C@H]1O[C@@H](n2cc(C#CCOC(=O)C(C)CCCCNC(=O)OC(C)(C)C)c(N)nc2=O)CC1O[Si](C)(C)C(C)(C)C. The zero-order valence-electron chi connectivity index (χ0n) is 27.7. The molecule has 0 saturated carbocycles. The first-order valence-electron chi connectivity index (χ1n) is 15.2. The number of nitrogens with one attached hydrogen (secondary N) is 1. The first-order chi connectivity index (χ1) is 19.8. The topological polar surface area (TPSA) is 144 Å². The molecule has 0 aliphatic carbocycles. The van der Waals surface area contributed by atoms with Gasteiger partial charge in [-0.05, 0) is 58.2 Å². The second kappa shape index (κ2) is 15.2. The van der Waals surface area contributed by atoms with Crippen molar-refractivity contribution in [3.63, 3.8) is 0 Å². The van der Waals surface area contributed by atoms with E-state index in [2.05, 4.69) is 56.0 Å². The van der Waals surface area contributed by atoms with Gasteiger partial charge in [0.2, 0.25) is 0 Å². The summed E-state index contributed by atoms with van der Waals surface area (Å²) >= 11 is 0. The molecule has 1 aromatic heterocycles. The van der Waals surface area contributed by atoms with Gasteiger partial charge < -0.3 is 29.7 Å². The molecule has 2 unspecified atom stereocenters. The first-order valence-corrected chi connectivity index (χ1v) is 18.1. The monoisotopic (exact) mass is 620 g/mol. The van der Waals surface area contributed by atoms with Gasteiger partial charge in [0.25, 0.3) is 0 Å². The molecule has 1 aliphatic rings. The molecule has 2 rings (SSSR count). The highest BCUT2D eigenvalue weighted by Crippen LogP contribution is 2.41. The van der Waals surface area contributed by atoms with E-state index < -0.39 is 31.9 Å². The van der Waals surface area contributed by atoms with Crippen molar-refractivity contribution in [2.24, 2.45) is 5.92 Å². The predicted octanol–water partition coefficient (Wildman–Crippen LogP) is 5.14. The zero-order valence-corrected chi connectivity index (χ0v) is 28.7. The van der Waals surface area contributed by atoms with Gasteiger partial charge in [-0.15, -0.1) is 0 Å². The number of hydrogen-bond acceptors (Lipinski definition) is 9. The highest BCUT2D eigenvalue weighted by atomic mass is 28.4. The molecule has 242 valence electrons. The molecular weight excluding hydrogens is 568 g/mol. The largest absolute Gasteiger partial charge is 0.452 e. The average Bonchev–Trinajstić information content (AvgIpc) is 3.27. The minimum atomic E-state index is -2.04. The van der Waals surface area contributed by atoms with E-state index in [-0.39, 0.29) is 41.6 Å². The molecule has 0 bridgehead atoms. The maximum Gasteiger partial charge on any atom is 0.407 e. The maximum atomic E-state index is 12.8. The number of nitrogens with zero attached hydrogens (tertiary/aromatic N) is 2. The Labute approximate surface area is 257 Å². The maximum absolute atomic E-state index is 12.8. The molecule has 0 radical (unpaired) electrons. The number of anilines is 1. The highest BCUT2D eigenvalue weighted by Gasteiger charge is 2.44. The molecule has 43 heavy (non-hydrogen) atoms. The zero-order chi connectivity index (χ0) is 32.6. The number of rotatable bonds is 11. The van der Waals surface area contributed by atoms with Crippen LogP contribution in [0.3, 0.4) is 0 Å². The van der Waals surface area contributed by atoms with Crippen LogP contribution >= 0.6 is 0 Å². The molecule has 4 atom stereocenters. The van der Waals surface area contributed by atoms with E-state index in [1.165, 1.54) is 4.57 Å².